The van der Waals surface area contributed by atoms with Gasteiger partial charge in [0.15, 0.2) is 5.82 Å². The predicted octanol–water partition coefficient (Wildman–Crippen LogP) is 1.48. The summed E-state index contributed by atoms with van der Waals surface area (Å²) in [5.74, 6) is 6.06. The Morgan fingerprint density at radius 3 is 2.64 bits per heavy atom. The number of aromatic nitrogens is 2. The number of nitrogen functional groups attached to an aromatic ring is 1. The molecule has 2 rings (SSSR count). The van der Waals surface area contributed by atoms with Crippen molar-refractivity contribution >= 4 is 30.6 Å². The molecule has 0 spiro atoms. The monoisotopic (exact) mass is 236 g/mol. The van der Waals surface area contributed by atoms with Gasteiger partial charge in [-0.3, -0.25) is 0 Å². The molecule has 0 aromatic carbocycles. The lowest BCUT2D eigenvalue weighted by molar-refractivity contribution is 0.675. The molecule has 3 N–H and O–H groups in total. The van der Waals surface area contributed by atoms with Crippen LogP contribution in [0.1, 0.15) is 24.0 Å². The Kier molecular flexibility index (Phi) is 5.76. The van der Waals surface area contributed by atoms with E-state index in [9.17, 15) is 0 Å². The van der Waals surface area contributed by atoms with Gasteiger partial charge in [-0.2, -0.15) is 5.10 Å². The predicted molar refractivity (Wildman–Crippen MR) is 61.0 cm³/mol. The fourth-order valence-corrected chi connectivity index (χ4v) is 1.67. The molecule has 14 heavy (non-hydrogen) atoms. The third-order valence-electron chi connectivity index (χ3n) is 2.30. The highest BCUT2D eigenvalue weighted by molar-refractivity contribution is 5.85. The van der Waals surface area contributed by atoms with E-state index < -0.39 is 0 Å². The first kappa shape index (κ1) is 13.4. The summed E-state index contributed by atoms with van der Waals surface area (Å²) < 4.78 is 0. The fourth-order valence-electron chi connectivity index (χ4n) is 1.67. The van der Waals surface area contributed by atoms with Gasteiger partial charge in [0.25, 0.3) is 0 Å². The number of hydrogen-bond donors (Lipinski definition) is 2. The molecule has 4 nitrogen and oxygen atoms in total. The minimum Gasteiger partial charge on any atom is -0.307 e. The Morgan fingerprint density at radius 1 is 1.21 bits per heavy atom. The van der Waals surface area contributed by atoms with Crippen molar-refractivity contribution < 1.29 is 0 Å². The van der Waals surface area contributed by atoms with E-state index in [1.165, 1.54) is 24.0 Å². The first-order valence-electron chi connectivity index (χ1n) is 4.22. The summed E-state index contributed by atoms with van der Waals surface area (Å²) in [7, 11) is 0. The van der Waals surface area contributed by atoms with Crippen molar-refractivity contribution in [3.63, 3.8) is 0 Å². The van der Waals surface area contributed by atoms with Crippen LogP contribution in [0.5, 0.6) is 0 Å². The van der Waals surface area contributed by atoms with Gasteiger partial charge in [0.1, 0.15) is 0 Å². The van der Waals surface area contributed by atoms with E-state index in [0.29, 0.717) is 0 Å². The Hall–Kier alpha value is -0.580. The number of hydrazine groups is 1. The van der Waals surface area contributed by atoms with E-state index in [0.717, 1.165) is 18.7 Å². The molecule has 1 heterocycles. The Morgan fingerprint density at radius 2 is 1.93 bits per heavy atom. The lowest BCUT2D eigenvalue weighted by Gasteiger charge is -2.16. The van der Waals surface area contributed by atoms with Crippen molar-refractivity contribution in [3.05, 3.63) is 17.3 Å². The highest BCUT2D eigenvalue weighted by atomic mass is 35.5. The van der Waals surface area contributed by atoms with E-state index in [2.05, 4.69) is 15.6 Å². The van der Waals surface area contributed by atoms with Gasteiger partial charge in [-0.25, -0.2) is 5.84 Å². The molecule has 0 fully saturated rings. The minimum absolute atomic E-state index is 0. The SMILES string of the molecule is Cl.Cl.NNc1nncc2c1CCCC2. The zero-order chi connectivity index (χ0) is 8.39. The first-order valence-corrected chi connectivity index (χ1v) is 4.22. The maximum Gasteiger partial charge on any atom is 0.166 e. The maximum absolute atomic E-state index is 5.32. The summed E-state index contributed by atoms with van der Waals surface area (Å²) in [6.07, 6.45) is 6.51. The van der Waals surface area contributed by atoms with E-state index in [1.54, 1.807) is 0 Å². The molecule has 1 aliphatic carbocycles. The number of halogens is 2. The van der Waals surface area contributed by atoms with E-state index >= 15 is 0 Å². The van der Waals surface area contributed by atoms with E-state index in [4.69, 9.17) is 5.84 Å². The average Bonchev–Trinajstić information content (AvgIpc) is 2.17. The number of nitrogens with two attached hydrogens (primary N) is 1. The van der Waals surface area contributed by atoms with Gasteiger partial charge in [0, 0.05) is 5.56 Å². The van der Waals surface area contributed by atoms with Crippen molar-refractivity contribution in [2.45, 2.75) is 25.7 Å². The average molecular weight is 237 g/mol. The summed E-state index contributed by atoms with van der Waals surface area (Å²) >= 11 is 0. The van der Waals surface area contributed by atoms with Crippen LogP contribution in [0.2, 0.25) is 0 Å². The Labute approximate surface area is 95.5 Å². The standard InChI is InChI=1S/C8H12N4.2ClH/c9-11-8-7-4-2-1-3-6(7)5-10-12-8;;/h5H,1-4,9H2,(H,11,12);2*1H. The van der Waals surface area contributed by atoms with Crippen LogP contribution < -0.4 is 11.3 Å². The molecule has 0 atom stereocenters. The van der Waals surface area contributed by atoms with Gasteiger partial charge in [-0.15, -0.1) is 29.9 Å². The molecule has 0 unspecified atom stereocenters. The van der Waals surface area contributed by atoms with Gasteiger partial charge in [0.2, 0.25) is 0 Å². The minimum atomic E-state index is 0. The highest BCUT2D eigenvalue weighted by Gasteiger charge is 2.13. The van der Waals surface area contributed by atoms with Crippen LogP contribution in [-0.4, -0.2) is 10.2 Å². The number of aryl methyl sites for hydroxylation is 1. The summed E-state index contributed by atoms with van der Waals surface area (Å²) in [5.41, 5.74) is 5.13. The summed E-state index contributed by atoms with van der Waals surface area (Å²) in [6.45, 7) is 0. The topological polar surface area (TPSA) is 63.8 Å². The number of hydrogen-bond acceptors (Lipinski definition) is 4. The zero-order valence-corrected chi connectivity index (χ0v) is 9.33. The molecule has 1 aliphatic rings. The van der Waals surface area contributed by atoms with E-state index in [1.807, 2.05) is 6.20 Å². The van der Waals surface area contributed by atoms with Gasteiger partial charge >= 0.3 is 0 Å². The van der Waals surface area contributed by atoms with Crippen molar-refractivity contribution in [1.82, 2.24) is 10.2 Å². The second kappa shape index (κ2) is 6.01. The molecule has 0 saturated heterocycles. The molecule has 0 bridgehead atoms. The van der Waals surface area contributed by atoms with Crippen LogP contribution in [0.4, 0.5) is 5.82 Å². The molecule has 0 aliphatic heterocycles. The van der Waals surface area contributed by atoms with Crippen LogP contribution >= 0.6 is 24.8 Å². The lowest BCUT2D eigenvalue weighted by atomic mass is 9.94. The van der Waals surface area contributed by atoms with Gasteiger partial charge < -0.3 is 5.43 Å². The molecule has 80 valence electrons. The molecule has 6 heteroatoms. The molecular weight excluding hydrogens is 223 g/mol. The number of rotatable bonds is 1. The summed E-state index contributed by atoms with van der Waals surface area (Å²) in [6, 6.07) is 0. The molecule has 1 aromatic heterocycles. The van der Waals surface area contributed by atoms with Gasteiger partial charge in [0.05, 0.1) is 6.20 Å². The Balaban J connectivity index is 0.000000845. The molecule has 0 amide bonds. The largest absolute Gasteiger partial charge is 0.307 e. The number of anilines is 1. The van der Waals surface area contributed by atoms with Crippen LogP contribution in [0.15, 0.2) is 6.20 Å². The Bertz CT molecular complexity index is 278. The van der Waals surface area contributed by atoms with Crippen LogP contribution in [-0.2, 0) is 12.8 Å². The second-order valence-electron chi connectivity index (χ2n) is 3.05. The van der Waals surface area contributed by atoms with Gasteiger partial charge in [-0.1, -0.05) is 0 Å². The quantitative estimate of drug-likeness (QED) is 0.573. The van der Waals surface area contributed by atoms with Crippen molar-refractivity contribution in [2.75, 3.05) is 5.43 Å². The molecule has 0 radical (unpaired) electrons. The molecule has 1 aromatic rings. The normalized spacial score (nSPS) is 13.2. The van der Waals surface area contributed by atoms with Crippen molar-refractivity contribution in [2.24, 2.45) is 5.84 Å². The summed E-state index contributed by atoms with van der Waals surface area (Å²) in [5, 5.41) is 7.80. The summed E-state index contributed by atoms with van der Waals surface area (Å²) in [4.78, 5) is 0. The number of fused-ring (bicyclic) bond motifs is 1. The zero-order valence-electron chi connectivity index (χ0n) is 7.69. The third-order valence-corrected chi connectivity index (χ3v) is 2.30. The smallest absolute Gasteiger partial charge is 0.166 e. The van der Waals surface area contributed by atoms with Crippen molar-refractivity contribution in [3.8, 4) is 0 Å². The first-order chi connectivity index (χ1) is 5.92. The van der Waals surface area contributed by atoms with Crippen LogP contribution in [0.25, 0.3) is 0 Å². The van der Waals surface area contributed by atoms with E-state index in [-0.39, 0.29) is 24.8 Å². The molecular formula is C8H14Cl2N4. The number of nitrogens with one attached hydrogen (secondary N) is 1. The second-order valence-corrected chi connectivity index (χ2v) is 3.05. The lowest BCUT2D eigenvalue weighted by Crippen LogP contribution is -2.15. The van der Waals surface area contributed by atoms with Crippen molar-refractivity contribution in [1.29, 1.82) is 0 Å². The maximum atomic E-state index is 5.32. The third kappa shape index (κ3) is 2.47. The highest BCUT2D eigenvalue weighted by Crippen LogP contribution is 2.24. The van der Waals surface area contributed by atoms with Crippen LogP contribution in [0, 0.1) is 0 Å². The van der Waals surface area contributed by atoms with Gasteiger partial charge in [-0.05, 0) is 31.2 Å². The molecule has 0 saturated carbocycles. The number of nitrogens with zero attached hydrogens (tertiary/aromatic N) is 2. The fraction of sp³-hybridized carbons (Fsp3) is 0.500. The van der Waals surface area contributed by atoms with Crippen LogP contribution in [0.3, 0.4) is 0 Å².